The summed E-state index contributed by atoms with van der Waals surface area (Å²) in [6.07, 6.45) is 2.27. The Morgan fingerprint density at radius 3 is 2.07 bits per heavy atom. The minimum absolute atomic E-state index is 0.0272. The van der Waals surface area contributed by atoms with Crippen LogP contribution in [0.2, 0.25) is 0 Å². The number of benzene rings is 3. The van der Waals surface area contributed by atoms with Crippen molar-refractivity contribution in [3.05, 3.63) is 84.4 Å². The third kappa shape index (κ3) is 3.01. The van der Waals surface area contributed by atoms with Crippen molar-refractivity contribution >= 4 is 21.8 Å². The normalized spacial score (nSPS) is 22.7. The van der Waals surface area contributed by atoms with Crippen LogP contribution in [0, 0.1) is 0 Å². The zero-order valence-corrected chi connectivity index (χ0v) is 15.9. The maximum Gasteiger partial charge on any atom is 0.101 e. The van der Waals surface area contributed by atoms with Crippen molar-refractivity contribution < 1.29 is 9.84 Å². The lowest BCUT2D eigenvalue weighted by molar-refractivity contribution is -0.0858. The fourth-order valence-electron chi connectivity index (χ4n) is 4.67. The van der Waals surface area contributed by atoms with Crippen molar-refractivity contribution in [3.63, 3.8) is 0 Å². The van der Waals surface area contributed by atoms with Crippen molar-refractivity contribution in [2.24, 2.45) is 0 Å². The van der Waals surface area contributed by atoms with Crippen LogP contribution in [0.5, 0.6) is 0 Å². The molecule has 4 aromatic rings. The first kappa shape index (κ1) is 17.5. The van der Waals surface area contributed by atoms with E-state index in [0.29, 0.717) is 6.61 Å². The highest BCUT2D eigenvalue weighted by Crippen LogP contribution is 2.38. The minimum atomic E-state index is -0.517. The van der Waals surface area contributed by atoms with Crippen molar-refractivity contribution in [1.82, 2.24) is 4.57 Å². The Balaban J connectivity index is 1.48. The Labute approximate surface area is 165 Å². The number of nitrogens with zero attached hydrogens (tertiary/aromatic N) is 1. The van der Waals surface area contributed by atoms with Gasteiger partial charge in [0.2, 0.25) is 0 Å². The maximum absolute atomic E-state index is 11.3. The van der Waals surface area contributed by atoms with Crippen molar-refractivity contribution in [1.29, 1.82) is 0 Å². The smallest absolute Gasteiger partial charge is 0.101 e. The number of fused-ring (bicyclic) bond motifs is 3. The molecule has 3 aromatic carbocycles. The predicted octanol–water partition coefficient (Wildman–Crippen LogP) is 5.47. The van der Waals surface area contributed by atoms with Gasteiger partial charge in [0.25, 0.3) is 0 Å². The molecule has 1 fully saturated rings. The summed E-state index contributed by atoms with van der Waals surface area (Å²) < 4.78 is 8.51. The lowest BCUT2D eigenvalue weighted by Crippen LogP contribution is -2.40. The molecule has 0 amide bonds. The fraction of sp³-hybridized carbons (Fsp3) is 0.280. The van der Waals surface area contributed by atoms with Crippen molar-refractivity contribution in [2.75, 3.05) is 0 Å². The molecule has 3 atom stereocenters. The first-order valence-corrected chi connectivity index (χ1v) is 10.1. The third-order valence-corrected chi connectivity index (χ3v) is 6.02. The van der Waals surface area contributed by atoms with Crippen LogP contribution in [0.25, 0.3) is 21.8 Å². The molecule has 0 bridgehead atoms. The molecule has 1 aromatic heterocycles. The van der Waals surface area contributed by atoms with Gasteiger partial charge in [-0.3, -0.25) is 0 Å². The van der Waals surface area contributed by atoms with Gasteiger partial charge in [0.1, 0.15) is 6.10 Å². The van der Waals surface area contributed by atoms with Crippen LogP contribution in [-0.4, -0.2) is 21.9 Å². The standard InChI is InChI=1S/C25H25NO2/c27-25-23(15-8-16-24(25)28-17-18-9-2-1-3-10-18)26-21-13-6-4-11-19(21)20-12-5-7-14-22(20)26/h1-7,9-14,23-25,27H,8,15-17H2/t23-,24?,25?/m1/s1. The highest BCUT2D eigenvalue weighted by Gasteiger charge is 2.35. The molecule has 1 N–H and O–H groups in total. The van der Waals surface area contributed by atoms with Crippen LogP contribution in [-0.2, 0) is 11.3 Å². The molecule has 1 aliphatic rings. The maximum atomic E-state index is 11.3. The second kappa shape index (κ2) is 7.42. The molecule has 3 heteroatoms. The monoisotopic (exact) mass is 371 g/mol. The first-order valence-electron chi connectivity index (χ1n) is 10.1. The van der Waals surface area contributed by atoms with Gasteiger partial charge in [-0.25, -0.2) is 0 Å². The van der Waals surface area contributed by atoms with Crippen LogP contribution in [0.15, 0.2) is 78.9 Å². The van der Waals surface area contributed by atoms with Gasteiger partial charge in [-0.1, -0.05) is 66.7 Å². The van der Waals surface area contributed by atoms with Gasteiger partial charge in [-0.2, -0.15) is 0 Å². The molecule has 1 heterocycles. The quantitative estimate of drug-likeness (QED) is 0.516. The average molecular weight is 371 g/mol. The summed E-state index contributed by atoms with van der Waals surface area (Å²) in [4.78, 5) is 0. The van der Waals surface area contributed by atoms with Gasteiger partial charge >= 0.3 is 0 Å². The van der Waals surface area contributed by atoms with Crippen LogP contribution < -0.4 is 0 Å². The summed E-state index contributed by atoms with van der Waals surface area (Å²) in [6.45, 7) is 0.544. The van der Waals surface area contributed by atoms with Gasteiger partial charge in [0.05, 0.1) is 18.8 Å². The van der Waals surface area contributed by atoms with E-state index in [9.17, 15) is 5.11 Å². The van der Waals surface area contributed by atoms with E-state index in [1.807, 2.05) is 18.2 Å². The summed E-state index contributed by atoms with van der Waals surface area (Å²) in [7, 11) is 0. The van der Waals surface area contributed by atoms with Gasteiger partial charge in [0, 0.05) is 21.8 Å². The van der Waals surface area contributed by atoms with E-state index in [-0.39, 0.29) is 12.1 Å². The number of aliphatic hydroxyl groups is 1. The number of ether oxygens (including phenoxy) is 1. The van der Waals surface area contributed by atoms with E-state index in [0.717, 1.165) is 24.8 Å². The van der Waals surface area contributed by atoms with Crippen molar-refractivity contribution in [3.8, 4) is 0 Å². The van der Waals surface area contributed by atoms with Gasteiger partial charge in [-0.15, -0.1) is 0 Å². The topological polar surface area (TPSA) is 34.4 Å². The summed E-state index contributed by atoms with van der Waals surface area (Å²) in [5.74, 6) is 0. The van der Waals surface area contributed by atoms with E-state index in [1.54, 1.807) is 0 Å². The van der Waals surface area contributed by atoms with Crippen LogP contribution in [0.3, 0.4) is 0 Å². The highest BCUT2D eigenvalue weighted by molar-refractivity contribution is 6.08. The van der Waals surface area contributed by atoms with Crippen LogP contribution in [0.4, 0.5) is 0 Å². The number of aliphatic hydroxyl groups excluding tert-OH is 1. The van der Waals surface area contributed by atoms with Crippen LogP contribution in [0.1, 0.15) is 30.9 Å². The van der Waals surface area contributed by atoms with E-state index >= 15 is 0 Å². The Bertz CT molecular complexity index is 1030. The molecule has 142 valence electrons. The lowest BCUT2D eigenvalue weighted by atomic mass is 9.89. The summed E-state index contributed by atoms with van der Waals surface area (Å²) >= 11 is 0. The van der Waals surface area contributed by atoms with E-state index < -0.39 is 6.10 Å². The summed E-state index contributed by atoms with van der Waals surface area (Å²) in [6, 6.07) is 27.2. The van der Waals surface area contributed by atoms with Crippen LogP contribution >= 0.6 is 0 Å². The molecule has 0 saturated heterocycles. The Morgan fingerprint density at radius 2 is 1.39 bits per heavy atom. The Kier molecular flexibility index (Phi) is 4.63. The molecule has 5 rings (SSSR count). The average Bonchev–Trinajstić information content (AvgIpc) is 3.08. The number of hydrogen-bond acceptors (Lipinski definition) is 2. The molecule has 0 radical (unpaired) electrons. The largest absolute Gasteiger partial charge is 0.388 e. The molecule has 1 saturated carbocycles. The van der Waals surface area contributed by atoms with Crippen molar-refractivity contribution in [2.45, 2.75) is 44.1 Å². The Hall–Kier alpha value is -2.62. The zero-order valence-electron chi connectivity index (χ0n) is 15.9. The molecule has 0 aliphatic heterocycles. The molecule has 3 nitrogen and oxygen atoms in total. The third-order valence-electron chi connectivity index (χ3n) is 6.02. The Morgan fingerprint density at radius 1 is 0.786 bits per heavy atom. The van der Waals surface area contributed by atoms with Gasteiger partial charge in [0.15, 0.2) is 0 Å². The fourth-order valence-corrected chi connectivity index (χ4v) is 4.67. The molecule has 28 heavy (non-hydrogen) atoms. The zero-order chi connectivity index (χ0) is 18.9. The first-order chi connectivity index (χ1) is 13.8. The minimum Gasteiger partial charge on any atom is -0.388 e. The van der Waals surface area contributed by atoms with E-state index in [1.165, 1.54) is 21.8 Å². The second-order valence-corrected chi connectivity index (χ2v) is 7.73. The van der Waals surface area contributed by atoms with E-state index in [2.05, 4.69) is 65.2 Å². The van der Waals surface area contributed by atoms with Gasteiger partial charge < -0.3 is 14.4 Å². The van der Waals surface area contributed by atoms with E-state index in [4.69, 9.17) is 4.74 Å². The second-order valence-electron chi connectivity index (χ2n) is 7.73. The predicted molar refractivity (Wildman–Crippen MR) is 113 cm³/mol. The molecule has 0 spiro atoms. The number of aromatic nitrogens is 1. The highest BCUT2D eigenvalue weighted by atomic mass is 16.5. The number of para-hydroxylation sites is 2. The molecule has 1 aliphatic carbocycles. The number of rotatable bonds is 4. The number of hydrogen-bond donors (Lipinski definition) is 1. The SMILES string of the molecule is OC1C(OCc2ccccc2)CCC[C@H]1n1c2ccccc2c2ccccc21. The van der Waals surface area contributed by atoms with Gasteiger partial charge in [-0.05, 0) is 37.0 Å². The lowest BCUT2D eigenvalue weighted by Gasteiger charge is -2.36. The molecular formula is C25H25NO2. The molecular weight excluding hydrogens is 346 g/mol. The summed E-state index contributed by atoms with van der Waals surface area (Å²) in [5.41, 5.74) is 3.53. The molecule has 2 unspecified atom stereocenters. The summed E-state index contributed by atoms with van der Waals surface area (Å²) in [5, 5.41) is 13.7.